The fraction of sp³-hybridized carbons (Fsp3) is 0.625. The topological polar surface area (TPSA) is 38.5 Å². The van der Waals surface area contributed by atoms with E-state index < -0.39 is 0 Å². The summed E-state index contributed by atoms with van der Waals surface area (Å²) < 4.78 is 6.74. The predicted molar refractivity (Wildman–Crippen MR) is 88.4 cm³/mol. The molecule has 1 aromatic rings. The van der Waals surface area contributed by atoms with Gasteiger partial charge in [0.2, 0.25) is 0 Å². The zero-order valence-corrected chi connectivity index (χ0v) is 14.2. The Morgan fingerprint density at radius 1 is 1.45 bits per heavy atom. The highest BCUT2D eigenvalue weighted by Crippen LogP contribution is 2.31. The van der Waals surface area contributed by atoms with Crippen LogP contribution in [0.2, 0.25) is 0 Å². The zero-order valence-electron chi connectivity index (χ0n) is 12.7. The second-order valence-corrected chi connectivity index (χ2v) is 7.02. The first kappa shape index (κ1) is 15.8. The van der Waals surface area contributed by atoms with Gasteiger partial charge < -0.3 is 15.4 Å². The monoisotopic (exact) mass is 340 g/mol. The Labute approximate surface area is 130 Å². The number of rotatable bonds is 4. The number of hydrogen-bond acceptors (Lipinski definition) is 3. The average Bonchev–Trinajstić information content (AvgIpc) is 2.40. The molecule has 0 aromatic heterocycles. The molecule has 1 aliphatic rings. The molecule has 1 aromatic carbocycles. The van der Waals surface area contributed by atoms with E-state index in [4.69, 9.17) is 10.5 Å². The molecule has 1 atom stereocenters. The minimum Gasteiger partial charge on any atom is -0.377 e. The third-order valence-corrected chi connectivity index (χ3v) is 4.74. The van der Waals surface area contributed by atoms with E-state index in [2.05, 4.69) is 59.8 Å². The van der Waals surface area contributed by atoms with Gasteiger partial charge >= 0.3 is 0 Å². The van der Waals surface area contributed by atoms with E-state index in [1.165, 1.54) is 11.3 Å². The van der Waals surface area contributed by atoms with Crippen molar-refractivity contribution in [2.24, 2.45) is 5.73 Å². The highest BCUT2D eigenvalue weighted by Gasteiger charge is 2.30. The van der Waals surface area contributed by atoms with E-state index >= 15 is 0 Å². The third kappa shape index (κ3) is 3.54. The fourth-order valence-electron chi connectivity index (χ4n) is 2.63. The van der Waals surface area contributed by atoms with Crippen molar-refractivity contribution in [3.63, 3.8) is 0 Å². The van der Waals surface area contributed by atoms with Crippen molar-refractivity contribution in [2.45, 2.75) is 45.2 Å². The van der Waals surface area contributed by atoms with Crippen molar-refractivity contribution in [1.29, 1.82) is 0 Å². The highest BCUT2D eigenvalue weighted by molar-refractivity contribution is 9.10. The van der Waals surface area contributed by atoms with Gasteiger partial charge in [-0.2, -0.15) is 0 Å². The van der Waals surface area contributed by atoms with Gasteiger partial charge in [-0.25, -0.2) is 0 Å². The molecule has 0 aliphatic carbocycles. The van der Waals surface area contributed by atoms with E-state index in [0.717, 1.165) is 37.1 Å². The number of anilines is 1. The molecular formula is C16H25BrN2O. The molecular weight excluding hydrogens is 316 g/mol. The number of nitrogens with two attached hydrogens (primary N) is 1. The number of hydrogen-bond donors (Lipinski definition) is 1. The SMILES string of the molecule is CCC(N)Cc1ccc(N2CCOCC2(C)C)cc1Br. The standard InChI is InChI=1S/C16H25BrN2O/c1-4-13(18)9-12-5-6-14(10-15(12)17)19-7-8-20-11-16(19,2)3/h5-6,10,13H,4,7-9,11,18H2,1-3H3. The third-order valence-electron chi connectivity index (χ3n) is 4.00. The van der Waals surface area contributed by atoms with Gasteiger partial charge in [0.05, 0.1) is 18.8 Å². The van der Waals surface area contributed by atoms with Crippen molar-refractivity contribution >= 4 is 21.6 Å². The van der Waals surface area contributed by atoms with E-state index in [1.54, 1.807) is 0 Å². The summed E-state index contributed by atoms with van der Waals surface area (Å²) in [7, 11) is 0. The van der Waals surface area contributed by atoms with Crippen molar-refractivity contribution in [3.05, 3.63) is 28.2 Å². The van der Waals surface area contributed by atoms with Crippen LogP contribution in [0.4, 0.5) is 5.69 Å². The van der Waals surface area contributed by atoms with Crippen LogP contribution in [0.15, 0.2) is 22.7 Å². The molecule has 1 fully saturated rings. The second-order valence-electron chi connectivity index (χ2n) is 6.16. The van der Waals surface area contributed by atoms with Gasteiger partial charge in [0.1, 0.15) is 0 Å². The van der Waals surface area contributed by atoms with E-state index in [0.29, 0.717) is 0 Å². The number of benzene rings is 1. The Hall–Kier alpha value is -0.580. The first-order valence-corrected chi connectivity index (χ1v) is 8.12. The van der Waals surface area contributed by atoms with Gasteiger partial charge in [0.25, 0.3) is 0 Å². The van der Waals surface area contributed by atoms with Crippen molar-refractivity contribution in [2.75, 3.05) is 24.7 Å². The van der Waals surface area contributed by atoms with Gasteiger partial charge in [0.15, 0.2) is 0 Å². The molecule has 2 N–H and O–H groups in total. The molecule has 0 amide bonds. The molecule has 2 rings (SSSR count). The molecule has 1 aliphatic heterocycles. The Morgan fingerprint density at radius 2 is 2.20 bits per heavy atom. The van der Waals surface area contributed by atoms with Gasteiger partial charge in [-0.15, -0.1) is 0 Å². The molecule has 1 heterocycles. The maximum Gasteiger partial charge on any atom is 0.0694 e. The minimum atomic E-state index is 0.0407. The maximum absolute atomic E-state index is 6.05. The lowest BCUT2D eigenvalue weighted by Gasteiger charge is -2.44. The summed E-state index contributed by atoms with van der Waals surface area (Å²) in [5.74, 6) is 0. The quantitative estimate of drug-likeness (QED) is 0.913. The van der Waals surface area contributed by atoms with Gasteiger partial charge in [-0.1, -0.05) is 28.9 Å². The van der Waals surface area contributed by atoms with Crippen LogP contribution in [0.3, 0.4) is 0 Å². The lowest BCUT2D eigenvalue weighted by molar-refractivity contribution is 0.0644. The Morgan fingerprint density at radius 3 is 2.80 bits per heavy atom. The molecule has 3 nitrogen and oxygen atoms in total. The molecule has 0 spiro atoms. The number of morpholine rings is 1. The normalized spacial score (nSPS) is 19.9. The average molecular weight is 341 g/mol. The molecule has 20 heavy (non-hydrogen) atoms. The van der Waals surface area contributed by atoms with Crippen LogP contribution in [0.5, 0.6) is 0 Å². The van der Waals surface area contributed by atoms with E-state index in [1.807, 2.05) is 0 Å². The fourth-order valence-corrected chi connectivity index (χ4v) is 3.16. The molecule has 1 saturated heterocycles. The number of halogens is 1. The van der Waals surface area contributed by atoms with E-state index in [9.17, 15) is 0 Å². The summed E-state index contributed by atoms with van der Waals surface area (Å²) in [6.07, 6.45) is 1.93. The molecule has 112 valence electrons. The summed E-state index contributed by atoms with van der Waals surface area (Å²) in [4.78, 5) is 2.42. The van der Waals surface area contributed by atoms with Crippen molar-refractivity contribution in [1.82, 2.24) is 0 Å². The van der Waals surface area contributed by atoms with Crippen molar-refractivity contribution in [3.8, 4) is 0 Å². The first-order valence-electron chi connectivity index (χ1n) is 7.33. The number of ether oxygens (including phenoxy) is 1. The Balaban J connectivity index is 2.20. The van der Waals surface area contributed by atoms with Gasteiger partial charge in [-0.3, -0.25) is 0 Å². The molecule has 0 saturated carbocycles. The molecule has 0 bridgehead atoms. The highest BCUT2D eigenvalue weighted by atomic mass is 79.9. The van der Waals surface area contributed by atoms with Crippen LogP contribution in [0, 0.1) is 0 Å². The van der Waals surface area contributed by atoms with Crippen LogP contribution in [-0.4, -0.2) is 31.3 Å². The van der Waals surface area contributed by atoms with Gasteiger partial charge in [-0.05, 0) is 44.4 Å². The van der Waals surface area contributed by atoms with Crippen LogP contribution >= 0.6 is 15.9 Å². The summed E-state index contributed by atoms with van der Waals surface area (Å²) in [6.45, 7) is 9.08. The largest absolute Gasteiger partial charge is 0.377 e. The lowest BCUT2D eigenvalue weighted by atomic mass is 10.00. The second kappa shape index (κ2) is 6.46. The summed E-state index contributed by atoms with van der Waals surface area (Å²) in [6, 6.07) is 6.85. The predicted octanol–water partition coefficient (Wildman–Crippen LogP) is 3.34. The van der Waals surface area contributed by atoms with Crippen LogP contribution in [0.25, 0.3) is 0 Å². The summed E-state index contributed by atoms with van der Waals surface area (Å²) in [5.41, 5.74) is 8.63. The Kier molecular flexibility index (Phi) is 5.10. The summed E-state index contributed by atoms with van der Waals surface area (Å²) >= 11 is 3.70. The Bertz CT molecular complexity index is 462. The van der Waals surface area contributed by atoms with Crippen LogP contribution < -0.4 is 10.6 Å². The molecule has 0 radical (unpaired) electrons. The first-order chi connectivity index (χ1) is 9.44. The smallest absolute Gasteiger partial charge is 0.0694 e. The molecule has 1 unspecified atom stereocenters. The minimum absolute atomic E-state index is 0.0407. The number of nitrogens with zero attached hydrogens (tertiary/aromatic N) is 1. The lowest BCUT2D eigenvalue weighted by Crippen LogP contribution is -2.53. The van der Waals surface area contributed by atoms with Gasteiger partial charge in [0, 0.05) is 22.7 Å². The molecule has 4 heteroatoms. The zero-order chi connectivity index (χ0) is 14.8. The maximum atomic E-state index is 6.05. The van der Waals surface area contributed by atoms with Crippen LogP contribution in [0.1, 0.15) is 32.8 Å². The summed E-state index contributed by atoms with van der Waals surface area (Å²) in [5, 5.41) is 0. The van der Waals surface area contributed by atoms with Crippen LogP contribution in [-0.2, 0) is 11.2 Å². The van der Waals surface area contributed by atoms with E-state index in [-0.39, 0.29) is 11.6 Å². The van der Waals surface area contributed by atoms with Crippen molar-refractivity contribution < 1.29 is 4.74 Å².